The molecule has 0 aromatic heterocycles. The molecular formula is C19H19NO5. The van der Waals surface area contributed by atoms with Gasteiger partial charge in [-0.05, 0) is 24.6 Å². The summed E-state index contributed by atoms with van der Waals surface area (Å²) in [5.41, 5.74) is 0.725. The van der Waals surface area contributed by atoms with E-state index in [-0.39, 0.29) is 6.42 Å². The molecule has 0 bridgehead atoms. The van der Waals surface area contributed by atoms with Crippen LogP contribution in [0.15, 0.2) is 54.6 Å². The number of amides is 1. The van der Waals surface area contributed by atoms with Gasteiger partial charge in [-0.1, -0.05) is 42.5 Å². The van der Waals surface area contributed by atoms with E-state index in [1.54, 1.807) is 49.4 Å². The van der Waals surface area contributed by atoms with Crippen molar-refractivity contribution in [1.29, 1.82) is 0 Å². The maximum absolute atomic E-state index is 12.7. The highest BCUT2D eigenvalue weighted by Crippen LogP contribution is 2.33. The predicted molar refractivity (Wildman–Crippen MR) is 90.5 cm³/mol. The highest BCUT2D eigenvalue weighted by Gasteiger charge is 2.35. The lowest BCUT2D eigenvalue weighted by atomic mass is 10.0. The van der Waals surface area contributed by atoms with Crippen molar-refractivity contribution in [3.8, 4) is 11.5 Å². The van der Waals surface area contributed by atoms with Crippen LogP contribution >= 0.6 is 0 Å². The third kappa shape index (κ3) is 3.91. The van der Waals surface area contributed by atoms with E-state index in [0.717, 1.165) is 5.56 Å². The van der Waals surface area contributed by atoms with Gasteiger partial charge in [0.05, 0.1) is 12.5 Å². The fourth-order valence-corrected chi connectivity index (χ4v) is 2.77. The van der Waals surface area contributed by atoms with Crippen LogP contribution < -0.4 is 14.8 Å². The molecule has 2 aromatic rings. The van der Waals surface area contributed by atoms with E-state index >= 15 is 0 Å². The van der Waals surface area contributed by atoms with Crippen LogP contribution in [-0.4, -0.2) is 29.2 Å². The van der Waals surface area contributed by atoms with Gasteiger partial charge in [0.25, 0.3) is 5.91 Å². The number of para-hydroxylation sites is 2. The Labute approximate surface area is 145 Å². The van der Waals surface area contributed by atoms with Crippen molar-refractivity contribution in [2.75, 3.05) is 0 Å². The molecule has 6 nitrogen and oxygen atoms in total. The van der Waals surface area contributed by atoms with E-state index in [1.165, 1.54) is 0 Å². The second kappa shape index (κ2) is 7.25. The summed E-state index contributed by atoms with van der Waals surface area (Å²) in [5.74, 6) is -0.315. The number of carbonyl (C=O) groups is 2. The molecule has 0 radical (unpaired) electrons. The fraction of sp³-hybridized carbons (Fsp3) is 0.263. The summed E-state index contributed by atoms with van der Waals surface area (Å²) in [6.07, 6.45) is -1.56. The number of nitrogens with one attached hydrogen (secondary N) is 1. The molecule has 25 heavy (non-hydrogen) atoms. The van der Waals surface area contributed by atoms with Gasteiger partial charge in [0.15, 0.2) is 11.5 Å². The first-order valence-corrected chi connectivity index (χ1v) is 8.04. The molecule has 3 unspecified atom stereocenters. The molecule has 1 heterocycles. The van der Waals surface area contributed by atoms with E-state index in [9.17, 15) is 9.59 Å². The number of aliphatic carboxylic acids is 1. The van der Waals surface area contributed by atoms with E-state index in [4.69, 9.17) is 14.6 Å². The molecule has 1 aliphatic heterocycles. The lowest BCUT2D eigenvalue weighted by Gasteiger charge is -2.32. The molecule has 1 amide bonds. The van der Waals surface area contributed by atoms with Gasteiger partial charge in [0.2, 0.25) is 6.10 Å². The lowest BCUT2D eigenvalue weighted by Crippen LogP contribution is -2.50. The summed E-state index contributed by atoms with van der Waals surface area (Å²) < 4.78 is 11.5. The fourth-order valence-electron chi connectivity index (χ4n) is 2.77. The third-order valence-electron chi connectivity index (χ3n) is 4.00. The van der Waals surface area contributed by atoms with Crippen LogP contribution in [0.25, 0.3) is 0 Å². The van der Waals surface area contributed by atoms with E-state index < -0.39 is 30.1 Å². The molecule has 130 valence electrons. The van der Waals surface area contributed by atoms with Crippen LogP contribution in [0, 0.1) is 0 Å². The number of benzene rings is 2. The Morgan fingerprint density at radius 1 is 1.04 bits per heavy atom. The molecule has 3 rings (SSSR count). The van der Waals surface area contributed by atoms with E-state index in [1.807, 2.05) is 12.1 Å². The number of ether oxygens (including phenoxy) is 2. The smallest absolute Gasteiger partial charge is 0.305 e. The zero-order chi connectivity index (χ0) is 17.8. The Balaban J connectivity index is 1.76. The monoisotopic (exact) mass is 341 g/mol. The highest BCUT2D eigenvalue weighted by molar-refractivity contribution is 5.83. The second-order valence-electron chi connectivity index (χ2n) is 5.88. The molecule has 0 aliphatic carbocycles. The molecule has 0 saturated heterocycles. The quantitative estimate of drug-likeness (QED) is 0.873. The van der Waals surface area contributed by atoms with Gasteiger partial charge in [-0.3, -0.25) is 9.59 Å². The minimum Gasteiger partial charge on any atom is -0.482 e. The van der Waals surface area contributed by atoms with Crippen molar-refractivity contribution in [2.45, 2.75) is 31.6 Å². The Hall–Kier alpha value is -3.02. The maximum Gasteiger partial charge on any atom is 0.305 e. The first-order chi connectivity index (χ1) is 12.0. The second-order valence-corrected chi connectivity index (χ2v) is 5.88. The van der Waals surface area contributed by atoms with Gasteiger partial charge < -0.3 is 19.9 Å². The van der Waals surface area contributed by atoms with Gasteiger partial charge >= 0.3 is 5.97 Å². The number of hydrogen-bond acceptors (Lipinski definition) is 4. The number of hydrogen-bond donors (Lipinski definition) is 2. The van der Waals surface area contributed by atoms with Gasteiger partial charge in [0.1, 0.15) is 6.10 Å². The van der Waals surface area contributed by atoms with Crippen molar-refractivity contribution in [1.82, 2.24) is 5.32 Å². The van der Waals surface area contributed by atoms with E-state index in [0.29, 0.717) is 11.5 Å². The van der Waals surface area contributed by atoms with Crippen molar-refractivity contribution in [3.63, 3.8) is 0 Å². The van der Waals surface area contributed by atoms with E-state index in [2.05, 4.69) is 5.32 Å². The minimum atomic E-state index is -0.992. The lowest BCUT2D eigenvalue weighted by molar-refractivity contribution is -0.138. The van der Waals surface area contributed by atoms with Crippen LogP contribution in [0.3, 0.4) is 0 Å². The van der Waals surface area contributed by atoms with Crippen LogP contribution in [0.5, 0.6) is 11.5 Å². The molecule has 6 heteroatoms. The summed E-state index contributed by atoms with van der Waals surface area (Å²) in [7, 11) is 0. The largest absolute Gasteiger partial charge is 0.482 e. The summed E-state index contributed by atoms with van der Waals surface area (Å²) in [6.45, 7) is 1.74. The van der Waals surface area contributed by atoms with Crippen molar-refractivity contribution in [2.24, 2.45) is 0 Å². The van der Waals surface area contributed by atoms with Crippen LogP contribution in [0.1, 0.15) is 24.9 Å². The van der Waals surface area contributed by atoms with Crippen LogP contribution in [-0.2, 0) is 9.59 Å². The third-order valence-corrected chi connectivity index (χ3v) is 4.00. The van der Waals surface area contributed by atoms with Crippen LogP contribution in [0.2, 0.25) is 0 Å². The minimum absolute atomic E-state index is 0.214. The summed E-state index contributed by atoms with van der Waals surface area (Å²) in [6, 6.07) is 15.5. The number of carboxylic acids is 1. The zero-order valence-electron chi connectivity index (χ0n) is 13.7. The topological polar surface area (TPSA) is 84.9 Å². The zero-order valence-corrected chi connectivity index (χ0v) is 13.7. The number of carboxylic acid groups (broad SMARTS) is 1. The number of carbonyl (C=O) groups excluding carboxylic acids is 1. The predicted octanol–water partition coefficient (Wildman–Crippen LogP) is 2.55. The first kappa shape index (κ1) is 16.8. The molecule has 1 aliphatic rings. The van der Waals surface area contributed by atoms with Gasteiger partial charge in [-0.25, -0.2) is 0 Å². The van der Waals surface area contributed by atoms with Crippen molar-refractivity contribution in [3.05, 3.63) is 60.2 Å². The van der Waals surface area contributed by atoms with Crippen molar-refractivity contribution >= 4 is 11.9 Å². The molecule has 0 fully saturated rings. The molecule has 0 spiro atoms. The highest BCUT2D eigenvalue weighted by atomic mass is 16.6. The maximum atomic E-state index is 12.7. The average Bonchev–Trinajstić information content (AvgIpc) is 2.61. The summed E-state index contributed by atoms with van der Waals surface area (Å²) in [5, 5.41) is 11.9. The van der Waals surface area contributed by atoms with Gasteiger partial charge in [-0.2, -0.15) is 0 Å². The Kier molecular flexibility index (Phi) is 4.88. The first-order valence-electron chi connectivity index (χ1n) is 8.04. The average molecular weight is 341 g/mol. The van der Waals surface area contributed by atoms with Crippen molar-refractivity contribution < 1.29 is 24.2 Å². The normalized spacial score (nSPS) is 19.7. The molecule has 2 N–H and O–H groups in total. The molecule has 0 saturated carbocycles. The molecule has 2 aromatic carbocycles. The summed E-state index contributed by atoms with van der Waals surface area (Å²) >= 11 is 0. The standard InChI is InChI=1S/C19H19NO5/c1-12-18(25-16-10-6-5-9-15(16)24-12)19(23)20-14(11-17(21)22)13-7-3-2-4-8-13/h2-10,12,14,18H,11H2,1H3,(H,20,23)(H,21,22). The number of fused-ring (bicyclic) bond motifs is 1. The Morgan fingerprint density at radius 2 is 1.64 bits per heavy atom. The Bertz CT molecular complexity index is 761. The van der Waals surface area contributed by atoms with Gasteiger partial charge in [-0.15, -0.1) is 0 Å². The Morgan fingerprint density at radius 3 is 2.28 bits per heavy atom. The van der Waals surface area contributed by atoms with Crippen LogP contribution in [0.4, 0.5) is 0 Å². The molecule has 3 atom stereocenters. The van der Waals surface area contributed by atoms with Gasteiger partial charge in [0, 0.05) is 0 Å². The summed E-state index contributed by atoms with van der Waals surface area (Å²) in [4.78, 5) is 23.8. The SMILES string of the molecule is CC1Oc2ccccc2OC1C(=O)NC(CC(=O)O)c1ccccc1. The molecular weight excluding hydrogens is 322 g/mol. The number of rotatable bonds is 5.